The highest BCUT2D eigenvalue weighted by Crippen LogP contribution is 2.16. The van der Waals surface area contributed by atoms with Crippen molar-refractivity contribution in [2.45, 2.75) is 25.7 Å². The number of hydrogen-bond acceptors (Lipinski definition) is 4. The average Bonchev–Trinajstić information content (AvgIpc) is 2.39. The molecular weight excluding hydrogens is 228 g/mol. The molecule has 0 radical (unpaired) electrons. The van der Waals surface area contributed by atoms with Crippen molar-refractivity contribution in [3.8, 4) is 0 Å². The molecule has 1 aromatic carbocycles. The second kappa shape index (κ2) is 6.29. The van der Waals surface area contributed by atoms with Crippen LogP contribution in [0.25, 0.3) is 0 Å². The predicted molar refractivity (Wildman–Crippen MR) is 71.1 cm³/mol. The van der Waals surface area contributed by atoms with Gasteiger partial charge in [0, 0.05) is 26.2 Å². The highest BCUT2D eigenvalue weighted by molar-refractivity contribution is 5.24. The van der Waals surface area contributed by atoms with Crippen LogP contribution in [0.3, 0.4) is 0 Å². The minimum atomic E-state index is -0.442. The summed E-state index contributed by atoms with van der Waals surface area (Å²) in [6, 6.07) is 7.86. The van der Waals surface area contributed by atoms with E-state index in [0.717, 1.165) is 30.8 Å². The van der Waals surface area contributed by atoms with E-state index in [1.165, 1.54) is 0 Å². The van der Waals surface area contributed by atoms with Gasteiger partial charge in [-0.2, -0.15) is 0 Å². The van der Waals surface area contributed by atoms with E-state index in [2.05, 4.69) is 11.8 Å². The van der Waals surface area contributed by atoms with E-state index in [1.54, 1.807) is 0 Å². The lowest BCUT2D eigenvalue weighted by molar-refractivity contribution is -0.0319. The van der Waals surface area contributed by atoms with Crippen LogP contribution in [0.1, 0.15) is 24.2 Å². The van der Waals surface area contributed by atoms with Crippen LogP contribution in [0.15, 0.2) is 24.3 Å². The van der Waals surface area contributed by atoms with E-state index in [9.17, 15) is 5.11 Å². The number of benzene rings is 1. The molecule has 4 nitrogen and oxygen atoms in total. The van der Waals surface area contributed by atoms with Crippen LogP contribution in [0.5, 0.6) is 0 Å². The van der Waals surface area contributed by atoms with Crippen molar-refractivity contribution < 1.29 is 9.84 Å². The summed E-state index contributed by atoms with van der Waals surface area (Å²) in [7, 11) is 0. The lowest BCUT2D eigenvalue weighted by atomic mass is 10.1. The first kappa shape index (κ1) is 13.5. The summed E-state index contributed by atoms with van der Waals surface area (Å²) in [5, 5.41) is 10.2. The summed E-state index contributed by atoms with van der Waals surface area (Å²) >= 11 is 0. The molecule has 0 aromatic heterocycles. The van der Waals surface area contributed by atoms with E-state index in [-0.39, 0.29) is 6.10 Å². The number of hydrogen-bond donors (Lipinski definition) is 2. The Bertz CT molecular complexity index is 367. The molecule has 1 aromatic rings. The third-order valence-electron chi connectivity index (χ3n) is 3.36. The van der Waals surface area contributed by atoms with Crippen molar-refractivity contribution in [1.29, 1.82) is 0 Å². The van der Waals surface area contributed by atoms with Gasteiger partial charge in [0.15, 0.2) is 0 Å². The molecule has 2 atom stereocenters. The van der Waals surface area contributed by atoms with Crippen LogP contribution in [0, 0.1) is 0 Å². The largest absolute Gasteiger partial charge is 0.387 e. The second-order valence-corrected chi connectivity index (χ2v) is 4.90. The third kappa shape index (κ3) is 3.53. The molecular formula is C14H22N2O2. The summed E-state index contributed by atoms with van der Waals surface area (Å²) in [4.78, 5) is 2.25. The highest BCUT2D eigenvalue weighted by Gasteiger charge is 2.19. The van der Waals surface area contributed by atoms with Gasteiger partial charge in [-0.1, -0.05) is 24.3 Å². The zero-order chi connectivity index (χ0) is 13.0. The standard InChI is InChI=1S/C14H22N2O2/c1-11-9-16(6-7-18-11)10-14(17)13-4-2-12(8-15)3-5-13/h2-5,11,14,17H,6-10,15H2,1H3. The molecule has 1 aliphatic rings. The molecule has 0 spiro atoms. The van der Waals surface area contributed by atoms with Gasteiger partial charge >= 0.3 is 0 Å². The van der Waals surface area contributed by atoms with E-state index >= 15 is 0 Å². The van der Waals surface area contributed by atoms with Gasteiger partial charge in [0.2, 0.25) is 0 Å². The fourth-order valence-electron chi connectivity index (χ4n) is 2.28. The van der Waals surface area contributed by atoms with Crippen LogP contribution in [-0.4, -0.2) is 42.4 Å². The van der Waals surface area contributed by atoms with E-state index in [0.29, 0.717) is 13.1 Å². The number of rotatable bonds is 4. The maximum atomic E-state index is 10.2. The van der Waals surface area contributed by atoms with Crippen molar-refractivity contribution in [3.05, 3.63) is 35.4 Å². The number of β-amino-alcohol motifs (C(OH)–C–C–N with tert-alkyl or cyclic N) is 1. The molecule has 0 bridgehead atoms. The minimum absolute atomic E-state index is 0.255. The summed E-state index contributed by atoms with van der Waals surface area (Å²) < 4.78 is 5.49. The van der Waals surface area contributed by atoms with Crippen molar-refractivity contribution in [3.63, 3.8) is 0 Å². The van der Waals surface area contributed by atoms with Crippen LogP contribution >= 0.6 is 0 Å². The van der Waals surface area contributed by atoms with E-state index in [4.69, 9.17) is 10.5 Å². The monoisotopic (exact) mass is 250 g/mol. The van der Waals surface area contributed by atoms with Gasteiger partial charge < -0.3 is 15.6 Å². The first-order chi connectivity index (χ1) is 8.69. The van der Waals surface area contributed by atoms with Gasteiger partial charge in [-0.3, -0.25) is 4.90 Å². The molecule has 1 fully saturated rings. The molecule has 0 amide bonds. The first-order valence-corrected chi connectivity index (χ1v) is 6.50. The molecule has 1 heterocycles. The van der Waals surface area contributed by atoms with Gasteiger partial charge in [-0.25, -0.2) is 0 Å². The third-order valence-corrected chi connectivity index (χ3v) is 3.36. The first-order valence-electron chi connectivity index (χ1n) is 6.50. The lowest BCUT2D eigenvalue weighted by Gasteiger charge is -2.32. The Balaban J connectivity index is 1.91. The van der Waals surface area contributed by atoms with Crippen molar-refractivity contribution in [2.24, 2.45) is 5.73 Å². The molecule has 1 saturated heterocycles. The molecule has 2 unspecified atom stereocenters. The Kier molecular flexibility index (Phi) is 4.72. The lowest BCUT2D eigenvalue weighted by Crippen LogP contribution is -2.42. The minimum Gasteiger partial charge on any atom is -0.387 e. The second-order valence-electron chi connectivity index (χ2n) is 4.90. The van der Waals surface area contributed by atoms with E-state index in [1.807, 2.05) is 24.3 Å². The molecule has 1 aliphatic heterocycles. The summed E-state index contributed by atoms with van der Waals surface area (Å²) in [5.74, 6) is 0. The molecule has 3 N–H and O–H groups in total. The number of morpholine rings is 1. The fourth-order valence-corrected chi connectivity index (χ4v) is 2.28. The number of nitrogens with two attached hydrogens (primary N) is 1. The maximum absolute atomic E-state index is 10.2. The van der Waals surface area contributed by atoms with Crippen molar-refractivity contribution in [2.75, 3.05) is 26.2 Å². The Morgan fingerprint density at radius 2 is 2.17 bits per heavy atom. The molecule has 2 rings (SSSR count). The molecule has 18 heavy (non-hydrogen) atoms. The zero-order valence-corrected chi connectivity index (χ0v) is 10.9. The van der Waals surface area contributed by atoms with Gasteiger partial charge in [0.25, 0.3) is 0 Å². The van der Waals surface area contributed by atoms with Gasteiger partial charge in [0.1, 0.15) is 0 Å². The van der Waals surface area contributed by atoms with Crippen LogP contribution in [-0.2, 0) is 11.3 Å². The Labute approximate surface area is 108 Å². The summed E-state index contributed by atoms with van der Waals surface area (Å²) in [6.45, 7) is 5.79. The van der Waals surface area contributed by atoms with Crippen molar-refractivity contribution in [1.82, 2.24) is 4.90 Å². The van der Waals surface area contributed by atoms with Crippen LogP contribution < -0.4 is 5.73 Å². The number of nitrogens with zero attached hydrogens (tertiary/aromatic N) is 1. The molecule has 0 saturated carbocycles. The maximum Gasteiger partial charge on any atom is 0.0916 e. The highest BCUT2D eigenvalue weighted by atomic mass is 16.5. The van der Waals surface area contributed by atoms with E-state index < -0.39 is 6.10 Å². The van der Waals surface area contributed by atoms with Gasteiger partial charge in [-0.05, 0) is 18.1 Å². The molecule has 100 valence electrons. The normalized spacial score (nSPS) is 22.9. The molecule has 4 heteroatoms. The number of aliphatic hydroxyl groups excluding tert-OH is 1. The fraction of sp³-hybridized carbons (Fsp3) is 0.571. The topological polar surface area (TPSA) is 58.7 Å². The predicted octanol–water partition coefficient (Wildman–Crippen LogP) is 0.899. The number of ether oxygens (including phenoxy) is 1. The summed E-state index contributed by atoms with van der Waals surface area (Å²) in [5.41, 5.74) is 7.60. The van der Waals surface area contributed by atoms with Gasteiger partial charge in [0.05, 0.1) is 18.8 Å². The Hall–Kier alpha value is -0.940. The Morgan fingerprint density at radius 1 is 1.44 bits per heavy atom. The van der Waals surface area contributed by atoms with Gasteiger partial charge in [-0.15, -0.1) is 0 Å². The SMILES string of the molecule is CC1CN(CC(O)c2ccc(CN)cc2)CCO1. The Morgan fingerprint density at radius 3 is 2.78 bits per heavy atom. The average molecular weight is 250 g/mol. The number of aliphatic hydroxyl groups is 1. The zero-order valence-electron chi connectivity index (χ0n) is 10.9. The quantitative estimate of drug-likeness (QED) is 0.833. The van der Waals surface area contributed by atoms with Crippen LogP contribution in [0.2, 0.25) is 0 Å². The smallest absolute Gasteiger partial charge is 0.0916 e. The van der Waals surface area contributed by atoms with Crippen LogP contribution in [0.4, 0.5) is 0 Å². The molecule has 0 aliphatic carbocycles. The summed E-state index contributed by atoms with van der Waals surface area (Å²) in [6.07, 6.45) is -0.187. The van der Waals surface area contributed by atoms with Crippen molar-refractivity contribution >= 4 is 0 Å².